The molecule has 0 saturated carbocycles. The molecule has 1 fully saturated rings. The number of aromatic nitrogens is 2. The van der Waals surface area contributed by atoms with Crippen LogP contribution in [0.5, 0.6) is 17.4 Å². The van der Waals surface area contributed by atoms with Crippen molar-refractivity contribution in [2.45, 2.75) is 13.3 Å². The molecule has 27 heavy (non-hydrogen) atoms. The second-order valence-electron chi connectivity index (χ2n) is 6.31. The average molecular weight is 372 g/mol. The number of piperazine rings is 1. The zero-order valence-electron chi connectivity index (χ0n) is 16.1. The number of hydrogen-bond donors (Lipinski definition) is 0. The van der Waals surface area contributed by atoms with E-state index in [-0.39, 0.29) is 0 Å². The van der Waals surface area contributed by atoms with Crippen molar-refractivity contribution < 1.29 is 14.2 Å². The van der Waals surface area contributed by atoms with Gasteiger partial charge < -0.3 is 24.0 Å². The van der Waals surface area contributed by atoms with Crippen molar-refractivity contribution in [3.63, 3.8) is 0 Å². The Labute approximate surface area is 160 Å². The number of rotatable bonds is 9. The fraction of sp³-hybridized carbons (Fsp3) is 0.500. The van der Waals surface area contributed by atoms with E-state index in [1.807, 2.05) is 24.3 Å². The maximum absolute atomic E-state index is 5.90. The van der Waals surface area contributed by atoms with Gasteiger partial charge in [0.05, 0.1) is 20.3 Å². The molecule has 0 N–H and O–H groups in total. The van der Waals surface area contributed by atoms with Crippen molar-refractivity contribution in [3.8, 4) is 17.4 Å². The van der Waals surface area contributed by atoms with Gasteiger partial charge in [0.15, 0.2) is 17.3 Å². The van der Waals surface area contributed by atoms with Gasteiger partial charge in [-0.2, -0.15) is 0 Å². The first-order chi connectivity index (χ1) is 13.3. The monoisotopic (exact) mass is 372 g/mol. The van der Waals surface area contributed by atoms with E-state index in [1.54, 1.807) is 19.5 Å². The van der Waals surface area contributed by atoms with Crippen molar-refractivity contribution in [1.82, 2.24) is 14.9 Å². The van der Waals surface area contributed by atoms with E-state index >= 15 is 0 Å². The molecule has 0 atom stereocenters. The van der Waals surface area contributed by atoms with Gasteiger partial charge in [-0.15, -0.1) is 0 Å². The first-order valence-corrected chi connectivity index (χ1v) is 9.48. The number of ether oxygens (including phenoxy) is 3. The average Bonchev–Trinajstić information content (AvgIpc) is 2.74. The van der Waals surface area contributed by atoms with Crippen LogP contribution in [-0.2, 0) is 0 Å². The SMILES string of the molecule is CCN1CCN(c2nccnc2OCCCOc2ccccc2OC)CC1. The van der Waals surface area contributed by atoms with Gasteiger partial charge in [0.25, 0.3) is 5.88 Å². The summed E-state index contributed by atoms with van der Waals surface area (Å²) in [6.45, 7) is 8.32. The Bertz CT molecular complexity index is 705. The van der Waals surface area contributed by atoms with E-state index in [2.05, 4.69) is 26.7 Å². The Hall–Kier alpha value is -2.54. The third-order valence-electron chi connectivity index (χ3n) is 4.62. The largest absolute Gasteiger partial charge is 0.493 e. The Morgan fingerprint density at radius 3 is 2.37 bits per heavy atom. The van der Waals surface area contributed by atoms with Crippen molar-refractivity contribution >= 4 is 5.82 Å². The topological polar surface area (TPSA) is 60.0 Å². The molecule has 146 valence electrons. The molecule has 0 radical (unpaired) electrons. The van der Waals surface area contributed by atoms with Crippen LogP contribution in [0.25, 0.3) is 0 Å². The highest BCUT2D eigenvalue weighted by Crippen LogP contribution is 2.26. The minimum absolute atomic E-state index is 0.524. The number of hydrogen-bond acceptors (Lipinski definition) is 7. The Morgan fingerprint density at radius 2 is 1.63 bits per heavy atom. The normalized spacial score (nSPS) is 14.8. The van der Waals surface area contributed by atoms with Crippen molar-refractivity contribution in [3.05, 3.63) is 36.7 Å². The molecule has 7 nitrogen and oxygen atoms in total. The summed E-state index contributed by atoms with van der Waals surface area (Å²) in [6, 6.07) is 7.63. The molecule has 0 bridgehead atoms. The van der Waals surface area contributed by atoms with Crippen molar-refractivity contribution in [1.29, 1.82) is 0 Å². The van der Waals surface area contributed by atoms with Gasteiger partial charge >= 0.3 is 0 Å². The number of likely N-dealkylation sites (N-methyl/N-ethyl adjacent to an activating group) is 1. The van der Waals surface area contributed by atoms with E-state index < -0.39 is 0 Å². The van der Waals surface area contributed by atoms with Crippen LogP contribution in [0.3, 0.4) is 0 Å². The molecule has 1 aliphatic rings. The molecule has 0 spiro atoms. The zero-order chi connectivity index (χ0) is 18.9. The number of benzene rings is 1. The maximum Gasteiger partial charge on any atom is 0.257 e. The fourth-order valence-electron chi connectivity index (χ4n) is 3.06. The molecule has 0 aliphatic carbocycles. The molecular weight excluding hydrogens is 344 g/mol. The van der Waals surface area contributed by atoms with Crippen LogP contribution >= 0.6 is 0 Å². The minimum Gasteiger partial charge on any atom is -0.493 e. The predicted octanol–water partition coefficient (Wildman–Crippen LogP) is 2.48. The Morgan fingerprint density at radius 1 is 0.926 bits per heavy atom. The van der Waals surface area contributed by atoms with E-state index in [9.17, 15) is 0 Å². The summed E-state index contributed by atoms with van der Waals surface area (Å²) < 4.78 is 17.0. The summed E-state index contributed by atoms with van der Waals surface area (Å²) in [7, 11) is 1.64. The number of methoxy groups -OCH3 is 1. The van der Waals surface area contributed by atoms with E-state index in [0.717, 1.165) is 56.5 Å². The van der Waals surface area contributed by atoms with E-state index in [1.165, 1.54) is 0 Å². The van der Waals surface area contributed by atoms with Crippen LogP contribution < -0.4 is 19.1 Å². The molecular formula is C20H28N4O3. The van der Waals surface area contributed by atoms with Gasteiger partial charge in [-0.25, -0.2) is 9.97 Å². The molecule has 0 amide bonds. The standard InChI is InChI=1S/C20H28N4O3/c1-3-23-11-13-24(14-12-23)19-20(22-10-9-21-19)27-16-6-15-26-18-8-5-4-7-17(18)25-2/h4-5,7-10H,3,6,11-16H2,1-2H3. The summed E-state index contributed by atoms with van der Waals surface area (Å²) in [5.74, 6) is 2.91. The highest BCUT2D eigenvalue weighted by molar-refractivity contribution is 5.48. The van der Waals surface area contributed by atoms with E-state index in [0.29, 0.717) is 19.1 Å². The van der Waals surface area contributed by atoms with Gasteiger partial charge in [0.2, 0.25) is 0 Å². The minimum atomic E-state index is 0.524. The third-order valence-corrected chi connectivity index (χ3v) is 4.62. The second-order valence-corrected chi connectivity index (χ2v) is 6.31. The van der Waals surface area contributed by atoms with Gasteiger partial charge in [-0.3, -0.25) is 0 Å². The fourth-order valence-corrected chi connectivity index (χ4v) is 3.06. The Balaban J connectivity index is 1.47. The lowest BCUT2D eigenvalue weighted by molar-refractivity contribution is 0.234. The number of para-hydroxylation sites is 2. The van der Waals surface area contributed by atoms with E-state index in [4.69, 9.17) is 14.2 Å². The lowest BCUT2D eigenvalue weighted by atomic mass is 10.3. The first-order valence-electron chi connectivity index (χ1n) is 9.48. The molecule has 0 unspecified atom stereocenters. The second kappa shape index (κ2) is 9.97. The van der Waals surface area contributed by atoms with Gasteiger partial charge in [-0.05, 0) is 18.7 Å². The van der Waals surface area contributed by atoms with Crippen molar-refractivity contribution in [2.24, 2.45) is 0 Å². The van der Waals surface area contributed by atoms with Gasteiger partial charge in [0.1, 0.15) is 0 Å². The molecule has 1 aromatic carbocycles. The quantitative estimate of drug-likeness (QED) is 0.627. The van der Waals surface area contributed by atoms with Crippen LogP contribution in [0.15, 0.2) is 36.7 Å². The molecule has 2 aromatic rings. The van der Waals surface area contributed by atoms with Crippen LogP contribution in [0.1, 0.15) is 13.3 Å². The highest BCUT2D eigenvalue weighted by Gasteiger charge is 2.20. The summed E-state index contributed by atoms with van der Waals surface area (Å²) in [5, 5.41) is 0. The molecule has 3 rings (SSSR count). The predicted molar refractivity (Wildman–Crippen MR) is 105 cm³/mol. The summed E-state index contributed by atoms with van der Waals surface area (Å²) in [4.78, 5) is 13.6. The third kappa shape index (κ3) is 5.23. The maximum atomic E-state index is 5.90. The number of nitrogens with zero attached hydrogens (tertiary/aromatic N) is 4. The summed E-state index contributed by atoms with van der Waals surface area (Å²) in [5.41, 5.74) is 0. The van der Waals surface area contributed by atoms with Crippen LogP contribution in [0.4, 0.5) is 5.82 Å². The molecule has 1 aromatic heterocycles. The lowest BCUT2D eigenvalue weighted by Crippen LogP contribution is -2.46. The molecule has 2 heterocycles. The first kappa shape index (κ1) is 19.2. The summed E-state index contributed by atoms with van der Waals surface area (Å²) in [6.07, 6.45) is 4.14. The van der Waals surface area contributed by atoms with Gasteiger partial charge in [-0.1, -0.05) is 19.1 Å². The molecule has 1 saturated heterocycles. The smallest absolute Gasteiger partial charge is 0.257 e. The Kier molecular flexibility index (Phi) is 7.10. The summed E-state index contributed by atoms with van der Waals surface area (Å²) >= 11 is 0. The van der Waals surface area contributed by atoms with Gasteiger partial charge in [0, 0.05) is 45.0 Å². The number of anilines is 1. The van der Waals surface area contributed by atoms with Crippen LogP contribution in [0, 0.1) is 0 Å². The molecule has 1 aliphatic heterocycles. The van der Waals surface area contributed by atoms with Crippen molar-refractivity contribution in [2.75, 3.05) is 57.9 Å². The lowest BCUT2D eigenvalue weighted by Gasteiger charge is -2.34. The zero-order valence-corrected chi connectivity index (χ0v) is 16.1. The molecule has 7 heteroatoms. The highest BCUT2D eigenvalue weighted by atomic mass is 16.5. The van der Waals surface area contributed by atoms with Crippen LogP contribution in [0.2, 0.25) is 0 Å². The van der Waals surface area contributed by atoms with Crippen LogP contribution in [-0.4, -0.2) is 67.9 Å².